The highest BCUT2D eigenvalue weighted by molar-refractivity contribution is 5.76. The molecule has 0 aromatic carbocycles. The number of nitrogens with one attached hydrogen (secondary N) is 1. The van der Waals surface area contributed by atoms with Crippen molar-refractivity contribution in [3.8, 4) is 0 Å². The predicted octanol–water partition coefficient (Wildman–Crippen LogP) is 16.5. The molecule has 0 saturated carbocycles. The molecule has 2 unspecified atom stereocenters. The average molecular weight is 862 g/mol. The van der Waals surface area contributed by atoms with E-state index in [1.54, 1.807) is 6.08 Å². The quantitative estimate of drug-likeness (QED) is 0.0322. The maximum Gasteiger partial charge on any atom is 0.305 e. The molecule has 3 N–H and O–H groups in total. The number of aliphatic hydroxyl groups is 2. The third kappa shape index (κ3) is 47.9. The molecule has 0 bridgehead atoms. The fraction of sp³-hybridized carbons (Fsp3) is 0.927. The molecular weight excluding hydrogens is 755 g/mol. The van der Waals surface area contributed by atoms with Gasteiger partial charge in [0.25, 0.3) is 0 Å². The van der Waals surface area contributed by atoms with E-state index in [4.69, 9.17) is 4.74 Å². The van der Waals surface area contributed by atoms with Gasteiger partial charge in [-0.1, -0.05) is 270 Å². The highest BCUT2D eigenvalue weighted by Gasteiger charge is 2.18. The van der Waals surface area contributed by atoms with Crippen molar-refractivity contribution in [1.82, 2.24) is 5.32 Å². The van der Waals surface area contributed by atoms with Crippen LogP contribution in [0.15, 0.2) is 12.2 Å². The Kier molecular flexibility index (Phi) is 50.1. The molecule has 61 heavy (non-hydrogen) atoms. The first-order valence-corrected chi connectivity index (χ1v) is 27.5. The highest BCUT2D eigenvalue weighted by Crippen LogP contribution is 2.17. The number of hydrogen-bond acceptors (Lipinski definition) is 5. The zero-order valence-electron chi connectivity index (χ0n) is 41.2. The van der Waals surface area contributed by atoms with E-state index in [1.165, 1.54) is 238 Å². The summed E-state index contributed by atoms with van der Waals surface area (Å²) < 4.78 is 5.48. The van der Waals surface area contributed by atoms with E-state index in [-0.39, 0.29) is 18.5 Å². The van der Waals surface area contributed by atoms with Crippen molar-refractivity contribution >= 4 is 11.9 Å². The van der Waals surface area contributed by atoms with Crippen LogP contribution in [0.3, 0.4) is 0 Å². The Labute approximate surface area is 380 Å². The molecule has 0 spiro atoms. The second-order valence-corrected chi connectivity index (χ2v) is 18.9. The summed E-state index contributed by atoms with van der Waals surface area (Å²) in [5.41, 5.74) is 0. The molecule has 362 valence electrons. The molecule has 0 heterocycles. The van der Waals surface area contributed by atoms with Crippen molar-refractivity contribution in [3.05, 3.63) is 12.2 Å². The Morgan fingerprint density at radius 1 is 0.443 bits per heavy atom. The van der Waals surface area contributed by atoms with Crippen LogP contribution in [0.5, 0.6) is 0 Å². The van der Waals surface area contributed by atoms with Crippen LogP contribution in [0.4, 0.5) is 0 Å². The van der Waals surface area contributed by atoms with Crippen molar-refractivity contribution in [2.24, 2.45) is 0 Å². The van der Waals surface area contributed by atoms with Crippen molar-refractivity contribution in [3.63, 3.8) is 0 Å². The summed E-state index contributed by atoms with van der Waals surface area (Å²) in [7, 11) is 0. The van der Waals surface area contributed by atoms with Crippen LogP contribution in [-0.4, -0.2) is 47.4 Å². The number of amides is 1. The topological polar surface area (TPSA) is 95.9 Å². The minimum atomic E-state index is -0.843. The normalized spacial score (nSPS) is 12.7. The predicted molar refractivity (Wildman–Crippen MR) is 264 cm³/mol. The number of hydrogen-bond donors (Lipinski definition) is 3. The first kappa shape index (κ1) is 59.6. The number of aliphatic hydroxyl groups excluding tert-OH is 2. The van der Waals surface area contributed by atoms with Gasteiger partial charge >= 0.3 is 5.97 Å². The summed E-state index contributed by atoms with van der Waals surface area (Å²) in [4.78, 5) is 24.4. The lowest BCUT2D eigenvalue weighted by atomic mass is 10.0. The van der Waals surface area contributed by atoms with Gasteiger partial charge in [-0.2, -0.15) is 0 Å². The summed E-state index contributed by atoms with van der Waals surface area (Å²) in [6.45, 7) is 4.88. The molecule has 0 aliphatic carbocycles. The minimum absolute atomic E-state index is 0.0117. The molecule has 6 heteroatoms. The fourth-order valence-electron chi connectivity index (χ4n) is 8.58. The molecule has 0 fully saturated rings. The van der Waals surface area contributed by atoms with Crippen molar-refractivity contribution in [2.75, 3.05) is 13.2 Å². The van der Waals surface area contributed by atoms with Gasteiger partial charge in [0.15, 0.2) is 0 Å². The second kappa shape index (κ2) is 51.2. The summed E-state index contributed by atoms with van der Waals surface area (Å²) in [6, 6.07) is -0.627. The van der Waals surface area contributed by atoms with Gasteiger partial charge in [0, 0.05) is 12.8 Å². The standard InChI is InChI=1S/C55H107NO5/c1-3-5-7-9-11-13-14-15-16-23-26-29-33-37-41-45-49-55(60)61-50-46-42-38-34-30-27-24-21-19-17-18-20-22-25-28-32-36-40-44-48-54(59)56-52(51-57)53(58)47-43-39-35-31-12-10-8-6-4-2/h43,47,52-53,57-58H,3-42,44-46,48-51H2,1-2H3,(H,56,59)/b47-43+. The van der Waals surface area contributed by atoms with Crippen LogP contribution < -0.4 is 5.32 Å². The summed E-state index contributed by atoms with van der Waals surface area (Å²) in [6.07, 6.45) is 59.5. The van der Waals surface area contributed by atoms with Crippen molar-refractivity contribution in [1.29, 1.82) is 0 Å². The number of carbonyl (C=O) groups excluding carboxylic acids is 2. The third-order valence-electron chi connectivity index (χ3n) is 12.8. The molecule has 0 aromatic rings. The molecule has 0 aromatic heterocycles. The zero-order chi connectivity index (χ0) is 44.4. The van der Waals surface area contributed by atoms with Gasteiger partial charge < -0.3 is 20.3 Å². The first-order valence-electron chi connectivity index (χ1n) is 27.5. The molecule has 0 saturated heterocycles. The molecule has 0 rings (SSSR count). The Balaban J connectivity index is 3.36. The monoisotopic (exact) mass is 862 g/mol. The average Bonchev–Trinajstić information content (AvgIpc) is 3.26. The maximum absolute atomic E-state index is 12.4. The summed E-state index contributed by atoms with van der Waals surface area (Å²) in [5, 5.41) is 22.9. The molecule has 0 aliphatic rings. The van der Waals surface area contributed by atoms with Gasteiger partial charge in [0.2, 0.25) is 5.91 Å². The lowest BCUT2D eigenvalue weighted by Crippen LogP contribution is -2.45. The van der Waals surface area contributed by atoms with E-state index in [0.717, 1.165) is 38.5 Å². The van der Waals surface area contributed by atoms with E-state index in [1.807, 2.05) is 6.08 Å². The van der Waals surface area contributed by atoms with Crippen LogP contribution in [0, 0.1) is 0 Å². The number of allylic oxidation sites excluding steroid dienone is 1. The Bertz CT molecular complexity index is 909. The van der Waals surface area contributed by atoms with Gasteiger partial charge in [-0.15, -0.1) is 0 Å². The number of carbonyl (C=O) groups is 2. The van der Waals surface area contributed by atoms with Crippen LogP contribution >= 0.6 is 0 Å². The first-order chi connectivity index (χ1) is 30.0. The number of rotatable bonds is 51. The van der Waals surface area contributed by atoms with Gasteiger partial charge in [-0.25, -0.2) is 0 Å². The molecule has 2 atom stereocenters. The van der Waals surface area contributed by atoms with Crippen molar-refractivity contribution < 1.29 is 24.5 Å². The van der Waals surface area contributed by atoms with Gasteiger partial charge in [-0.05, 0) is 32.1 Å². The van der Waals surface area contributed by atoms with E-state index in [2.05, 4.69) is 19.2 Å². The largest absolute Gasteiger partial charge is 0.466 e. The van der Waals surface area contributed by atoms with E-state index in [0.29, 0.717) is 19.4 Å². The van der Waals surface area contributed by atoms with Gasteiger partial charge in [0.05, 0.1) is 25.4 Å². The summed E-state index contributed by atoms with van der Waals surface area (Å²) in [5.74, 6) is -0.0610. The highest BCUT2D eigenvalue weighted by atomic mass is 16.5. The van der Waals surface area contributed by atoms with Gasteiger partial charge in [-0.3, -0.25) is 9.59 Å². The minimum Gasteiger partial charge on any atom is -0.466 e. The van der Waals surface area contributed by atoms with Crippen LogP contribution in [-0.2, 0) is 14.3 Å². The second-order valence-electron chi connectivity index (χ2n) is 18.9. The number of esters is 1. The number of unbranched alkanes of at least 4 members (excludes halogenated alkanes) is 40. The Morgan fingerprint density at radius 3 is 1.11 bits per heavy atom. The van der Waals surface area contributed by atoms with Crippen molar-refractivity contribution in [2.45, 2.75) is 315 Å². The molecule has 6 nitrogen and oxygen atoms in total. The van der Waals surface area contributed by atoms with Crippen LogP contribution in [0.1, 0.15) is 303 Å². The molecule has 0 radical (unpaired) electrons. The van der Waals surface area contributed by atoms with Crippen LogP contribution in [0.2, 0.25) is 0 Å². The van der Waals surface area contributed by atoms with E-state index < -0.39 is 12.1 Å². The van der Waals surface area contributed by atoms with Crippen LogP contribution in [0.25, 0.3) is 0 Å². The third-order valence-corrected chi connectivity index (χ3v) is 12.8. The van der Waals surface area contributed by atoms with Gasteiger partial charge in [0.1, 0.15) is 0 Å². The number of ether oxygens (including phenoxy) is 1. The molecule has 1 amide bonds. The SMILES string of the molecule is CCCCCCCCC/C=C/C(O)C(CO)NC(=O)CCCCCCCCCCCCCCCCCCCCCOC(=O)CCCCCCCCCCCCCCCCCC. The molecule has 0 aliphatic heterocycles. The van der Waals surface area contributed by atoms with E-state index >= 15 is 0 Å². The van der Waals surface area contributed by atoms with E-state index in [9.17, 15) is 19.8 Å². The zero-order valence-corrected chi connectivity index (χ0v) is 41.2. The molecular formula is C55H107NO5. The fourth-order valence-corrected chi connectivity index (χ4v) is 8.58. The smallest absolute Gasteiger partial charge is 0.305 e. The summed E-state index contributed by atoms with van der Waals surface area (Å²) >= 11 is 0. The maximum atomic E-state index is 12.4. The Morgan fingerprint density at radius 2 is 0.754 bits per heavy atom. The lowest BCUT2D eigenvalue weighted by molar-refractivity contribution is -0.143. The lowest BCUT2D eigenvalue weighted by Gasteiger charge is -2.20. The Hall–Kier alpha value is -1.40.